The van der Waals surface area contributed by atoms with Crippen LogP contribution in [-0.4, -0.2) is 42.9 Å². The van der Waals surface area contributed by atoms with Gasteiger partial charge in [-0.2, -0.15) is 0 Å². The van der Waals surface area contributed by atoms with E-state index in [0.717, 1.165) is 6.42 Å². The van der Waals surface area contributed by atoms with Gasteiger partial charge in [0.25, 0.3) is 0 Å². The number of carboxylic acids is 1. The third-order valence-corrected chi connectivity index (χ3v) is 6.24. The zero-order valence-electron chi connectivity index (χ0n) is 11.5. The van der Waals surface area contributed by atoms with E-state index in [4.69, 9.17) is 0 Å². The van der Waals surface area contributed by atoms with Crippen molar-refractivity contribution in [2.45, 2.75) is 38.6 Å². The van der Waals surface area contributed by atoms with Gasteiger partial charge in [0.05, 0.1) is 23.3 Å². The third-order valence-electron chi connectivity index (χ3n) is 4.47. The van der Waals surface area contributed by atoms with E-state index in [1.165, 1.54) is 0 Å². The summed E-state index contributed by atoms with van der Waals surface area (Å²) in [6, 6.07) is -0.359. The summed E-state index contributed by atoms with van der Waals surface area (Å²) >= 11 is 0. The molecule has 2 fully saturated rings. The van der Waals surface area contributed by atoms with Crippen LogP contribution in [-0.2, 0) is 19.4 Å². The van der Waals surface area contributed by atoms with Crippen LogP contribution in [0, 0.1) is 17.8 Å². The first kappa shape index (κ1) is 15.3. The number of rotatable bonds is 4. The quantitative estimate of drug-likeness (QED) is 0.784. The zero-order chi connectivity index (χ0) is 14.9. The fourth-order valence-corrected chi connectivity index (χ4v) is 4.93. The van der Waals surface area contributed by atoms with Crippen molar-refractivity contribution >= 4 is 21.7 Å². The second kappa shape index (κ2) is 5.71. The van der Waals surface area contributed by atoms with Crippen LogP contribution in [0.15, 0.2) is 0 Å². The molecule has 0 spiro atoms. The average Bonchev–Trinajstić information content (AvgIpc) is 2.92. The van der Waals surface area contributed by atoms with E-state index in [2.05, 4.69) is 5.32 Å². The van der Waals surface area contributed by atoms with Gasteiger partial charge in [0.2, 0.25) is 5.91 Å². The zero-order valence-corrected chi connectivity index (χ0v) is 12.4. The Balaban J connectivity index is 1.99. The minimum absolute atomic E-state index is 0.0274. The van der Waals surface area contributed by atoms with Gasteiger partial charge in [-0.1, -0.05) is 13.3 Å². The SMILES string of the molecule is CCC1C[C@H](C(=O)NC2CCS(=O)(=O)C2)[C@H](C(=O)O)C1. The highest BCUT2D eigenvalue weighted by molar-refractivity contribution is 7.91. The Kier molecular flexibility index (Phi) is 4.36. The van der Waals surface area contributed by atoms with Gasteiger partial charge >= 0.3 is 5.97 Å². The fraction of sp³-hybridized carbons (Fsp3) is 0.846. The van der Waals surface area contributed by atoms with Gasteiger partial charge < -0.3 is 10.4 Å². The van der Waals surface area contributed by atoms with Crippen LogP contribution >= 0.6 is 0 Å². The van der Waals surface area contributed by atoms with E-state index < -0.39 is 27.6 Å². The van der Waals surface area contributed by atoms with E-state index in [0.29, 0.717) is 19.3 Å². The normalized spacial score (nSPS) is 35.9. The number of hydrogen-bond acceptors (Lipinski definition) is 4. The summed E-state index contributed by atoms with van der Waals surface area (Å²) in [5, 5.41) is 11.9. The number of carboxylic acid groups (broad SMARTS) is 1. The van der Waals surface area contributed by atoms with Crippen LogP contribution in [0.5, 0.6) is 0 Å². The Morgan fingerprint density at radius 3 is 2.40 bits per heavy atom. The Bertz CT molecular complexity index is 501. The van der Waals surface area contributed by atoms with Crippen LogP contribution in [0.4, 0.5) is 0 Å². The number of sulfone groups is 1. The average molecular weight is 303 g/mol. The van der Waals surface area contributed by atoms with E-state index in [1.807, 2.05) is 6.92 Å². The number of amides is 1. The topological polar surface area (TPSA) is 101 Å². The van der Waals surface area contributed by atoms with Crippen LogP contribution in [0.2, 0.25) is 0 Å². The standard InChI is InChI=1S/C13H21NO5S/c1-2-8-5-10(11(6-8)13(16)17)12(15)14-9-3-4-20(18,19)7-9/h8-11H,2-7H2,1H3,(H,14,15)(H,16,17)/t8?,9?,10-,11+/m0/s1. The Hall–Kier alpha value is -1.11. The predicted molar refractivity (Wildman–Crippen MR) is 72.8 cm³/mol. The second-order valence-corrected chi connectivity index (χ2v) is 8.13. The molecule has 1 amide bonds. The van der Waals surface area contributed by atoms with E-state index >= 15 is 0 Å². The maximum Gasteiger partial charge on any atom is 0.307 e. The number of hydrogen-bond donors (Lipinski definition) is 2. The lowest BCUT2D eigenvalue weighted by Crippen LogP contribution is -2.41. The molecule has 7 heteroatoms. The van der Waals surface area contributed by atoms with Gasteiger partial charge in [-0.05, 0) is 25.2 Å². The van der Waals surface area contributed by atoms with Gasteiger partial charge in [-0.25, -0.2) is 8.42 Å². The molecule has 20 heavy (non-hydrogen) atoms. The summed E-state index contributed by atoms with van der Waals surface area (Å²) in [5.41, 5.74) is 0. The minimum Gasteiger partial charge on any atom is -0.481 e. The smallest absolute Gasteiger partial charge is 0.307 e. The highest BCUT2D eigenvalue weighted by Gasteiger charge is 2.43. The van der Waals surface area contributed by atoms with Crippen molar-refractivity contribution in [3.05, 3.63) is 0 Å². The molecule has 0 aromatic rings. The van der Waals surface area contributed by atoms with Crippen molar-refractivity contribution in [1.29, 1.82) is 0 Å². The summed E-state index contributed by atoms with van der Waals surface area (Å²) < 4.78 is 22.7. The Labute approximate surface area is 118 Å². The largest absolute Gasteiger partial charge is 0.481 e. The summed E-state index contributed by atoms with van der Waals surface area (Å²) in [4.78, 5) is 23.5. The van der Waals surface area contributed by atoms with Gasteiger partial charge in [0.15, 0.2) is 9.84 Å². The summed E-state index contributed by atoms with van der Waals surface area (Å²) in [6.07, 6.45) is 2.41. The predicted octanol–water partition coefficient (Wildman–Crippen LogP) is 0.427. The van der Waals surface area contributed by atoms with Crippen LogP contribution < -0.4 is 5.32 Å². The van der Waals surface area contributed by atoms with Gasteiger partial charge in [0.1, 0.15) is 0 Å². The molecule has 2 rings (SSSR count). The number of aliphatic carboxylic acids is 1. The molecule has 2 N–H and O–H groups in total. The fourth-order valence-electron chi connectivity index (χ4n) is 3.26. The Morgan fingerprint density at radius 1 is 1.25 bits per heavy atom. The van der Waals surface area contributed by atoms with Crippen molar-refractivity contribution in [2.24, 2.45) is 17.8 Å². The van der Waals surface area contributed by atoms with Crippen molar-refractivity contribution in [2.75, 3.05) is 11.5 Å². The lowest BCUT2D eigenvalue weighted by atomic mass is 9.95. The molecule has 0 bridgehead atoms. The summed E-state index contributed by atoms with van der Waals surface area (Å²) in [6.45, 7) is 1.99. The molecule has 1 saturated carbocycles. The summed E-state index contributed by atoms with van der Waals surface area (Å²) in [5.74, 6) is -2.06. The highest BCUT2D eigenvalue weighted by atomic mass is 32.2. The molecule has 0 radical (unpaired) electrons. The van der Waals surface area contributed by atoms with Crippen LogP contribution in [0.25, 0.3) is 0 Å². The molecule has 2 unspecified atom stereocenters. The molecule has 1 saturated heterocycles. The lowest BCUT2D eigenvalue weighted by Gasteiger charge is -2.18. The van der Waals surface area contributed by atoms with Crippen LogP contribution in [0.1, 0.15) is 32.6 Å². The van der Waals surface area contributed by atoms with E-state index in [-0.39, 0.29) is 29.4 Å². The summed E-state index contributed by atoms with van der Waals surface area (Å²) in [7, 11) is -3.04. The highest BCUT2D eigenvalue weighted by Crippen LogP contribution is 2.38. The van der Waals surface area contributed by atoms with Crippen molar-refractivity contribution < 1.29 is 23.1 Å². The first-order valence-electron chi connectivity index (χ1n) is 7.06. The maximum absolute atomic E-state index is 12.2. The van der Waals surface area contributed by atoms with Crippen molar-refractivity contribution in [3.8, 4) is 0 Å². The van der Waals surface area contributed by atoms with Crippen molar-refractivity contribution in [1.82, 2.24) is 5.32 Å². The molecule has 1 aliphatic carbocycles. The second-order valence-electron chi connectivity index (χ2n) is 5.91. The number of carbonyl (C=O) groups is 2. The van der Waals surface area contributed by atoms with Gasteiger partial charge in [-0.15, -0.1) is 0 Å². The molecule has 6 nitrogen and oxygen atoms in total. The first-order chi connectivity index (χ1) is 9.32. The molecule has 2 aliphatic rings. The molecule has 1 heterocycles. The van der Waals surface area contributed by atoms with E-state index in [9.17, 15) is 23.1 Å². The maximum atomic E-state index is 12.2. The number of carbonyl (C=O) groups excluding carboxylic acids is 1. The molecule has 114 valence electrons. The lowest BCUT2D eigenvalue weighted by molar-refractivity contribution is -0.146. The van der Waals surface area contributed by atoms with Crippen LogP contribution in [0.3, 0.4) is 0 Å². The monoisotopic (exact) mass is 303 g/mol. The van der Waals surface area contributed by atoms with Crippen molar-refractivity contribution in [3.63, 3.8) is 0 Å². The molecular weight excluding hydrogens is 282 g/mol. The first-order valence-corrected chi connectivity index (χ1v) is 8.88. The molecule has 1 aliphatic heterocycles. The van der Waals surface area contributed by atoms with E-state index in [1.54, 1.807) is 0 Å². The Morgan fingerprint density at radius 2 is 1.90 bits per heavy atom. The molecule has 0 aromatic heterocycles. The molecule has 4 atom stereocenters. The number of nitrogens with one attached hydrogen (secondary N) is 1. The van der Waals surface area contributed by atoms with Gasteiger partial charge in [-0.3, -0.25) is 9.59 Å². The molecule has 0 aromatic carbocycles. The third kappa shape index (κ3) is 3.31. The van der Waals surface area contributed by atoms with Gasteiger partial charge in [0, 0.05) is 6.04 Å². The molecular formula is C13H21NO5S. The minimum atomic E-state index is -3.04.